The zero-order valence-corrected chi connectivity index (χ0v) is 20.8. The van der Waals surface area contributed by atoms with Crippen LogP contribution >= 0.6 is 23.2 Å². The van der Waals surface area contributed by atoms with Crippen molar-refractivity contribution in [1.29, 1.82) is 0 Å². The maximum atomic E-state index is 12.3. The van der Waals surface area contributed by atoms with E-state index in [9.17, 15) is 9.90 Å². The van der Waals surface area contributed by atoms with Crippen LogP contribution in [0.4, 0.5) is 0 Å². The molecule has 0 saturated carbocycles. The molecule has 0 radical (unpaired) electrons. The van der Waals surface area contributed by atoms with E-state index in [0.29, 0.717) is 28.3 Å². The first-order valence-corrected chi connectivity index (χ1v) is 12.8. The molecule has 5 nitrogen and oxygen atoms in total. The number of aliphatic hydroxyl groups excluding tert-OH is 1. The number of nitrogens with zero attached hydrogens (tertiary/aromatic N) is 2. The number of ether oxygens (including phenoxy) is 1. The summed E-state index contributed by atoms with van der Waals surface area (Å²) in [7, 11) is 0. The molecule has 2 aliphatic heterocycles. The molecule has 0 spiro atoms. The van der Waals surface area contributed by atoms with Gasteiger partial charge in [-0.05, 0) is 74.5 Å². The summed E-state index contributed by atoms with van der Waals surface area (Å²) in [5.74, 6) is 1.17. The first kappa shape index (κ1) is 25.1. The van der Waals surface area contributed by atoms with Crippen LogP contribution in [-0.4, -0.2) is 66.2 Å². The highest BCUT2D eigenvalue weighted by atomic mass is 35.5. The van der Waals surface area contributed by atoms with Gasteiger partial charge in [0.25, 0.3) is 0 Å². The minimum absolute atomic E-state index is 0.0385. The second kappa shape index (κ2) is 12.1. The number of carbonyl (C=O) groups excluding carboxylic acids is 1. The summed E-state index contributed by atoms with van der Waals surface area (Å²) in [4.78, 5) is 16.5. The van der Waals surface area contributed by atoms with E-state index < -0.39 is 6.10 Å². The van der Waals surface area contributed by atoms with E-state index in [4.69, 9.17) is 27.9 Å². The van der Waals surface area contributed by atoms with Crippen LogP contribution in [0, 0.1) is 0 Å². The third kappa shape index (κ3) is 6.76. The van der Waals surface area contributed by atoms with Gasteiger partial charge in [-0.2, -0.15) is 0 Å². The maximum absolute atomic E-state index is 12.3. The molecule has 2 heterocycles. The minimum atomic E-state index is -0.593. The molecule has 4 rings (SSSR count). The van der Waals surface area contributed by atoms with Gasteiger partial charge in [0.2, 0.25) is 5.91 Å². The summed E-state index contributed by atoms with van der Waals surface area (Å²) >= 11 is 12.2. The highest BCUT2D eigenvalue weighted by molar-refractivity contribution is 6.42. The molecule has 2 aromatic rings. The topological polar surface area (TPSA) is 53.0 Å². The van der Waals surface area contributed by atoms with Crippen molar-refractivity contribution in [2.75, 3.05) is 39.3 Å². The number of rotatable bonds is 8. The van der Waals surface area contributed by atoms with Crippen molar-refractivity contribution >= 4 is 35.2 Å². The molecule has 0 bridgehead atoms. The van der Waals surface area contributed by atoms with Gasteiger partial charge in [-0.1, -0.05) is 47.5 Å². The zero-order valence-electron chi connectivity index (χ0n) is 19.3. The molecule has 0 aromatic heterocycles. The lowest BCUT2D eigenvalue weighted by Crippen LogP contribution is -2.40. The van der Waals surface area contributed by atoms with E-state index in [0.717, 1.165) is 57.4 Å². The number of hydrogen-bond acceptors (Lipinski definition) is 4. The van der Waals surface area contributed by atoms with Gasteiger partial charge in [-0.3, -0.25) is 4.79 Å². The summed E-state index contributed by atoms with van der Waals surface area (Å²) in [6.07, 6.45) is 7.01. The van der Waals surface area contributed by atoms with Crippen molar-refractivity contribution in [2.45, 2.75) is 37.7 Å². The number of aliphatic hydroxyl groups is 1. The third-order valence-electron chi connectivity index (χ3n) is 6.65. The third-order valence-corrected chi connectivity index (χ3v) is 7.38. The van der Waals surface area contributed by atoms with E-state index in [2.05, 4.69) is 11.0 Å². The zero-order chi connectivity index (χ0) is 23.9. The molecule has 2 fully saturated rings. The minimum Gasteiger partial charge on any atom is -0.490 e. The lowest BCUT2D eigenvalue weighted by molar-refractivity contribution is -0.124. The molecule has 34 heavy (non-hydrogen) atoms. The van der Waals surface area contributed by atoms with E-state index >= 15 is 0 Å². The normalized spacial score (nSPS) is 18.5. The summed E-state index contributed by atoms with van der Waals surface area (Å²) in [6.45, 7) is 4.27. The molecular formula is C27H32Cl2N2O3. The van der Waals surface area contributed by atoms with Gasteiger partial charge in [0.1, 0.15) is 18.5 Å². The average Bonchev–Trinajstić information content (AvgIpc) is 3.39. The predicted octanol–water partition coefficient (Wildman–Crippen LogP) is 5.25. The Bertz CT molecular complexity index is 999. The molecule has 1 amide bonds. The Morgan fingerprint density at radius 3 is 2.53 bits per heavy atom. The van der Waals surface area contributed by atoms with E-state index in [1.165, 1.54) is 5.56 Å². The van der Waals surface area contributed by atoms with Gasteiger partial charge in [-0.25, -0.2) is 0 Å². The smallest absolute Gasteiger partial charge is 0.246 e. The number of likely N-dealkylation sites (tertiary alicyclic amines) is 2. The number of β-amino-alcohol motifs (C(OH)–C–C–N with tert-alkyl or cyclic N) is 1. The Labute approximate surface area is 211 Å². The second-order valence-electron chi connectivity index (χ2n) is 9.12. The largest absolute Gasteiger partial charge is 0.490 e. The maximum Gasteiger partial charge on any atom is 0.246 e. The van der Waals surface area contributed by atoms with E-state index in [1.54, 1.807) is 12.2 Å². The van der Waals surface area contributed by atoms with Crippen molar-refractivity contribution < 1.29 is 14.6 Å². The SMILES string of the molecule is O=C(C=Cc1ccccc1OCC(O)CN1CCC(c2ccc(Cl)c(Cl)c2)CC1)N1CCCC1. The van der Waals surface area contributed by atoms with Gasteiger partial charge in [0, 0.05) is 31.3 Å². The number of halogens is 2. The molecular weight excluding hydrogens is 471 g/mol. The molecule has 2 aromatic carbocycles. The quantitative estimate of drug-likeness (QED) is 0.501. The Morgan fingerprint density at radius 1 is 1.06 bits per heavy atom. The lowest BCUT2D eigenvalue weighted by Gasteiger charge is -2.33. The Hall–Kier alpha value is -2.05. The van der Waals surface area contributed by atoms with Crippen molar-refractivity contribution in [3.8, 4) is 5.75 Å². The van der Waals surface area contributed by atoms with Crippen molar-refractivity contribution in [3.05, 3.63) is 69.7 Å². The van der Waals surface area contributed by atoms with Gasteiger partial charge >= 0.3 is 0 Å². The fourth-order valence-corrected chi connectivity index (χ4v) is 5.01. The molecule has 1 unspecified atom stereocenters. The van der Waals surface area contributed by atoms with Crippen molar-refractivity contribution in [2.24, 2.45) is 0 Å². The number of para-hydroxylation sites is 1. The predicted molar refractivity (Wildman–Crippen MR) is 138 cm³/mol. The van der Waals surface area contributed by atoms with Crippen LogP contribution in [0.15, 0.2) is 48.5 Å². The Balaban J connectivity index is 1.24. The van der Waals surface area contributed by atoms with Gasteiger partial charge in [-0.15, -0.1) is 0 Å². The van der Waals surface area contributed by atoms with E-state index in [-0.39, 0.29) is 12.5 Å². The molecule has 0 aliphatic carbocycles. The second-order valence-corrected chi connectivity index (χ2v) is 9.93. The van der Waals surface area contributed by atoms with Gasteiger partial charge in [0.15, 0.2) is 0 Å². The monoisotopic (exact) mass is 502 g/mol. The van der Waals surface area contributed by atoms with Gasteiger partial charge in [0.05, 0.1) is 10.0 Å². The molecule has 7 heteroatoms. The summed E-state index contributed by atoms with van der Waals surface area (Å²) < 4.78 is 5.93. The van der Waals surface area contributed by atoms with Crippen molar-refractivity contribution in [3.63, 3.8) is 0 Å². The van der Waals surface area contributed by atoms with Crippen LogP contribution < -0.4 is 4.74 Å². The van der Waals surface area contributed by atoms with Crippen molar-refractivity contribution in [1.82, 2.24) is 9.80 Å². The molecule has 2 aliphatic rings. The first-order valence-electron chi connectivity index (χ1n) is 12.0. The van der Waals surface area contributed by atoms with Crippen LogP contribution in [0.2, 0.25) is 10.0 Å². The molecule has 2 saturated heterocycles. The molecule has 1 N–H and O–H groups in total. The fraction of sp³-hybridized carbons (Fsp3) is 0.444. The van der Waals surface area contributed by atoms with Gasteiger partial charge < -0.3 is 19.6 Å². The highest BCUT2D eigenvalue weighted by Gasteiger charge is 2.23. The van der Waals surface area contributed by atoms with Crippen LogP contribution in [0.5, 0.6) is 5.75 Å². The number of benzene rings is 2. The number of amides is 1. The number of hydrogen-bond donors (Lipinski definition) is 1. The summed E-state index contributed by atoms with van der Waals surface area (Å²) in [5, 5.41) is 11.8. The lowest BCUT2D eigenvalue weighted by atomic mass is 9.89. The first-order chi connectivity index (χ1) is 16.5. The molecule has 182 valence electrons. The molecule has 1 atom stereocenters. The average molecular weight is 503 g/mol. The summed E-state index contributed by atoms with van der Waals surface area (Å²) in [5.41, 5.74) is 2.07. The van der Waals surface area contributed by atoms with Crippen LogP contribution in [0.3, 0.4) is 0 Å². The van der Waals surface area contributed by atoms with Crippen LogP contribution in [0.25, 0.3) is 6.08 Å². The number of carbonyl (C=O) groups is 1. The Morgan fingerprint density at radius 2 is 1.79 bits per heavy atom. The van der Waals surface area contributed by atoms with E-state index in [1.807, 2.05) is 41.3 Å². The summed E-state index contributed by atoms with van der Waals surface area (Å²) in [6, 6.07) is 13.5. The standard InChI is InChI=1S/C27H32Cl2N2O3/c28-24-9-7-22(17-25(24)29)20-11-15-30(16-12-20)18-23(32)19-34-26-6-2-1-5-21(26)8-10-27(33)31-13-3-4-14-31/h1-2,5-10,17,20,23,32H,3-4,11-16,18-19H2. The Kier molecular flexibility index (Phi) is 8.90. The van der Waals surface area contributed by atoms with Crippen LogP contribution in [-0.2, 0) is 4.79 Å². The fourth-order valence-electron chi connectivity index (χ4n) is 4.71. The highest BCUT2D eigenvalue weighted by Crippen LogP contribution is 2.32. The number of piperidine rings is 1. The van der Waals surface area contributed by atoms with Crippen LogP contribution in [0.1, 0.15) is 42.7 Å².